The topological polar surface area (TPSA) is 51.3 Å². The van der Waals surface area contributed by atoms with Crippen LogP contribution in [0.2, 0.25) is 0 Å². The molecule has 0 atom stereocenters. The Balaban J connectivity index is 2.15. The van der Waals surface area contributed by atoms with E-state index in [1.807, 2.05) is 30.3 Å². The first kappa shape index (κ1) is 12.7. The van der Waals surface area contributed by atoms with Crippen LogP contribution in [0.25, 0.3) is 20.5 Å². The molecule has 4 nitrogen and oxygen atoms in total. The van der Waals surface area contributed by atoms with Crippen molar-refractivity contribution in [3.05, 3.63) is 46.9 Å². The number of nitrogens with one attached hydrogen (secondary N) is 1. The minimum Gasteiger partial charge on any atom is -0.493 e. The fraction of sp³-hybridized carbons (Fsp3) is 0.133. The first-order valence-electron chi connectivity index (χ1n) is 6.06. The van der Waals surface area contributed by atoms with Gasteiger partial charge in [-0.15, -0.1) is 11.3 Å². The van der Waals surface area contributed by atoms with E-state index in [9.17, 15) is 4.79 Å². The fourth-order valence-corrected chi connectivity index (χ4v) is 3.16. The average Bonchev–Trinajstić information content (AvgIpc) is 2.92. The van der Waals surface area contributed by atoms with Crippen molar-refractivity contribution in [2.45, 2.75) is 0 Å². The normalized spacial score (nSPS) is 10.7. The molecule has 0 amide bonds. The maximum absolute atomic E-state index is 11.8. The number of ether oxygens (including phenoxy) is 2. The van der Waals surface area contributed by atoms with Gasteiger partial charge >= 0.3 is 0 Å². The van der Waals surface area contributed by atoms with Crippen molar-refractivity contribution in [1.82, 2.24) is 4.98 Å². The highest BCUT2D eigenvalue weighted by Crippen LogP contribution is 2.36. The number of pyridine rings is 1. The SMILES string of the molecule is COc1ccc(-c2cc3cc[nH]c(=O)c3s2)cc1OC. The fourth-order valence-electron chi connectivity index (χ4n) is 2.11. The molecule has 2 aromatic heterocycles. The summed E-state index contributed by atoms with van der Waals surface area (Å²) >= 11 is 1.47. The molecule has 0 aliphatic rings. The van der Waals surface area contributed by atoms with Crippen LogP contribution in [0.1, 0.15) is 0 Å². The second kappa shape index (κ2) is 5.02. The number of hydrogen-bond donors (Lipinski definition) is 1. The van der Waals surface area contributed by atoms with Crippen LogP contribution in [0, 0.1) is 0 Å². The summed E-state index contributed by atoms with van der Waals surface area (Å²) in [5.41, 5.74) is 0.947. The first-order chi connectivity index (χ1) is 9.72. The number of thiophene rings is 1. The molecule has 0 radical (unpaired) electrons. The molecule has 0 unspecified atom stereocenters. The first-order valence-corrected chi connectivity index (χ1v) is 6.88. The van der Waals surface area contributed by atoms with E-state index in [-0.39, 0.29) is 5.56 Å². The van der Waals surface area contributed by atoms with Crippen LogP contribution in [-0.4, -0.2) is 19.2 Å². The van der Waals surface area contributed by atoms with E-state index < -0.39 is 0 Å². The summed E-state index contributed by atoms with van der Waals surface area (Å²) in [6, 6.07) is 9.65. The highest BCUT2D eigenvalue weighted by molar-refractivity contribution is 7.22. The predicted octanol–water partition coefficient (Wildman–Crippen LogP) is 3.27. The molecule has 0 saturated carbocycles. The number of H-pyrrole nitrogens is 1. The molecule has 5 heteroatoms. The van der Waals surface area contributed by atoms with Crippen molar-refractivity contribution in [3.8, 4) is 21.9 Å². The lowest BCUT2D eigenvalue weighted by atomic mass is 10.1. The third-order valence-corrected chi connectivity index (χ3v) is 4.31. The minimum atomic E-state index is -0.0563. The van der Waals surface area contributed by atoms with Crippen LogP contribution >= 0.6 is 11.3 Å². The lowest BCUT2D eigenvalue weighted by molar-refractivity contribution is 0.355. The second-order valence-corrected chi connectivity index (χ2v) is 5.32. The van der Waals surface area contributed by atoms with E-state index in [1.165, 1.54) is 11.3 Å². The van der Waals surface area contributed by atoms with E-state index in [2.05, 4.69) is 4.98 Å². The Kier molecular flexibility index (Phi) is 3.20. The molecular formula is C15H13NO3S. The Hall–Kier alpha value is -2.27. The molecule has 0 fully saturated rings. The van der Waals surface area contributed by atoms with E-state index in [0.717, 1.165) is 20.5 Å². The van der Waals surface area contributed by atoms with E-state index in [4.69, 9.17) is 9.47 Å². The number of aromatic amines is 1. The van der Waals surface area contributed by atoms with Crippen molar-refractivity contribution >= 4 is 21.4 Å². The molecule has 20 heavy (non-hydrogen) atoms. The third-order valence-electron chi connectivity index (χ3n) is 3.11. The van der Waals surface area contributed by atoms with Gasteiger partial charge in [0.2, 0.25) is 0 Å². The van der Waals surface area contributed by atoms with Gasteiger partial charge in [-0.3, -0.25) is 4.79 Å². The standard InChI is InChI=1S/C15H13NO3S/c1-18-11-4-3-9(7-12(11)19-2)13-8-10-5-6-16-15(17)14(10)20-13/h3-8H,1-2H3,(H,16,17). The summed E-state index contributed by atoms with van der Waals surface area (Å²) < 4.78 is 11.3. The Morgan fingerprint density at radius 1 is 1.05 bits per heavy atom. The van der Waals surface area contributed by atoms with Gasteiger partial charge in [-0.05, 0) is 35.9 Å². The van der Waals surface area contributed by atoms with Gasteiger partial charge < -0.3 is 14.5 Å². The van der Waals surface area contributed by atoms with E-state index in [1.54, 1.807) is 20.4 Å². The largest absolute Gasteiger partial charge is 0.493 e. The highest BCUT2D eigenvalue weighted by Gasteiger charge is 2.10. The minimum absolute atomic E-state index is 0.0563. The average molecular weight is 287 g/mol. The number of benzene rings is 1. The van der Waals surface area contributed by atoms with Crippen LogP contribution in [0.15, 0.2) is 41.3 Å². The van der Waals surface area contributed by atoms with Gasteiger partial charge in [0.05, 0.1) is 14.2 Å². The molecule has 0 spiro atoms. The van der Waals surface area contributed by atoms with Gasteiger partial charge in [0, 0.05) is 16.5 Å². The number of hydrogen-bond acceptors (Lipinski definition) is 4. The van der Waals surface area contributed by atoms with Crippen LogP contribution in [0.5, 0.6) is 11.5 Å². The summed E-state index contributed by atoms with van der Waals surface area (Å²) in [7, 11) is 3.22. The molecule has 0 bridgehead atoms. The molecule has 2 heterocycles. The van der Waals surface area contributed by atoms with Crippen molar-refractivity contribution in [2.75, 3.05) is 14.2 Å². The lowest BCUT2D eigenvalue weighted by Crippen LogP contribution is -2.01. The number of rotatable bonds is 3. The zero-order valence-electron chi connectivity index (χ0n) is 11.1. The highest BCUT2D eigenvalue weighted by atomic mass is 32.1. The molecule has 1 aromatic carbocycles. The molecule has 1 N–H and O–H groups in total. The summed E-state index contributed by atoms with van der Waals surface area (Å²) in [6.07, 6.45) is 1.66. The van der Waals surface area contributed by atoms with E-state index >= 15 is 0 Å². The molecule has 0 saturated heterocycles. The van der Waals surface area contributed by atoms with Crippen LogP contribution < -0.4 is 15.0 Å². The molecule has 102 valence electrons. The van der Waals surface area contributed by atoms with Gasteiger partial charge in [0.1, 0.15) is 4.70 Å². The Morgan fingerprint density at radius 3 is 2.55 bits per heavy atom. The predicted molar refractivity (Wildman–Crippen MR) is 81.0 cm³/mol. The van der Waals surface area contributed by atoms with Gasteiger partial charge in [0.15, 0.2) is 11.5 Å². The molecule has 3 rings (SSSR count). The monoisotopic (exact) mass is 287 g/mol. The van der Waals surface area contributed by atoms with Gasteiger partial charge in [-0.2, -0.15) is 0 Å². The summed E-state index contributed by atoms with van der Waals surface area (Å²) in [5, 5.41) is 0.948. The smallest absolute Gasteiger partial charge is 0.265 e. The van der Waals surface area contributed by atoms with E-state index in [0.29, 0.717) is 11.5 Å². The van der Waals surface area contributed by atoms with Gasteiger partial charge in [-0.25, -0.2) is 0 Å². The molecule has 0 aliphatic carbocycles. The van der Waals surface area contributed by atoms with Crippen molar-refractivity contribution in [1.29, 1.82) is 0 Å². The molecular weight excluding hydrogens is 274 g/mol. The molecule has 0 aliphatic heterocycles. The van der Waals surface area contributed by atoms with Gasteiger partial charge in [0.25, 0.3) is 5.56 Å². The summed E-state index contributed by atoms with van der Waals surface area (Å²) in [4.78, 5) is 15.5. The Bertz CT molecular complexity index is 819. The van der Waals surface area contributed by atoms with Crippen LogP contribution in [0.3, 0.4) is 0 Å². The maximum Gasteiger partial charge on any atom is 0.265 e. The third kappa shape index (κ3) is 2.06. The van der Waals surface area contributed by atoms with Crippen molar-refractivity contribution < 1.29 is 9.47 Å². The molecule has 3 aromatic rings. The van der Waals surface area contributed by atoms with Crippen LogP contribution in [-0.2, 0) is 0 Å². The summed E-state index contributed by atoms with van der Waals surface area (Å²) in [5.74, 6) is 1.37. The quantitative estimate of drug-likeness (QED) is 0.804. The Labute approximate surface area is 119 Å². The number of methoxy groups -OCH3 is 2. The van der Waals surface area contributed by atoms with Crippen LogP contribution in [0.4, 0.5) is 0 Å². The Morgan fingerprint density at radius 2 is 1.85 bits per heavy atom. The zero-order chi connectivity index (χ0) is 14.1. The zero-order valence-corrected chi connectivity index (χ0v) is 11.9. The second-order valence-electron chi connectivity index (χ2n) is 4.27. The maximum atomic E-state index is 11.8. The number of fused-ring (bicyclic) bond motifs is 1. The van der Waals surface area contributed by atoms with Gasteiger partial charge in [-0.1, -0.05) is 0 Å². The van der Waals surface area contributed by atoms with Crippen molar-refractivity contribution in [3.63, 3.8) is 0 Å². The lowest BCUT2D eigenvalue weighted by Gasteiger charge is -2.08. The van der Waals surface area contributed by atoms with Crippen molar-refractivity contribution in [2.24, 2.45) is 0 Å². The number of aromatic nitrogens is 1. The summed E-state index contributed by atoms with van der Waals surface area (Å²) in [6.45, 7) is 0.